The molecule has 0 bridgehead atoms. The molecule has 3 aromatic heterocycles. The molecule has 0 radical (unpaired) electrons. The van der Waals surface area contributed by atoms with E-state index in [1.807, 2.05) is 60.8 Å². The molecule has 0 amide bonds. The van der Waals surface area contributed by atoms with E-state index >= 15 is 0 Å². The van der Waals surface area contributed by atoms with E-state index in [2.05, 4.69) is 89.2 Å². The van der Waals surface area contributed by atoms with Crippen LogP contribution in [0.4, 0.5) is 0 Å². The smallest absolute Gasteiger partial charge is 0.160 e. The van der Waals surface area contributed by atoms with Crippen LogP contribution < -0.4 is 5.32 Å². The molecule has 6 nitrogen and oxygen atoms in total. The summed E-state index contributed by atoms with van der Waals surface area (Å²) in [7, 11) is 0. The number of para-hydroxylation sites is 1. The summed E-state index contributed by atoms with van der Waals surface area (Å²) in [5.74, 6) is 1.39. The first-order chi connectivity index (χ1) is 23.8. The maximum atomic E-state index is 6.69. The van der Waals surface area contributed by atoms with Gasteiger partial charge in [0.2, 0.25) is 0 Å². The van der Waals surface area contributed by atoms with Crippen molar-refractivity contribution in [1.29, 1.82) is 0 Å². The highest BCUT2D eigenvalue weighted by Crippen LogP contribution is 2.43. The van der Waals surface area contributed by atoms with Crippen molar-refractivity contribution in [3.8, 4) is 11.1 Å². The van der Waals surface area contributed by atoms with Crippen LogP contribution in [0.1, 0.15) is 22.9 Å². The van der Waals surface area contributed by atoms with Gasteiger partial charge in [0.25, 0.3) is 0 Å². The van der Waals surface area contributed by atoms with E-state index in [0.717, 1.165) is 82.9 Å². The number of pyridine rings is 1. The number of rotatable bonds is 4. The Morgan fingerprint density at radius 3 is 2.29 bits per heavy atom. The molecule has 48 heavy (non-hydrogen) atoms. The molecular formula is C42H26N4O2. The molecule has 0 spiro atoms. The quantitative estimate of drug-likeness (QED) is 0.213. The van der Waals surface area contributed by atoms with Gasteiger partial charge in [0.05, 0.1) is 0 Å². The molecule has 0 aliphatic carbocycles. The van der Waals surface area contributed by atoms with Crippen molar-refractivity contribution < 1.29 is 8.83 Å². The van der Waals surface area contributed by atoms with Gasteiger partial charge in [-0.05, 0) is 58.3 Å². The lowest BCUT2D eigenvalue weighted by molar-refractivity contribution is 0.668. The van der Waals surface area contributed by atoms with Crippen LogP contribution >= 0.6 is 0 Å². The third-order valence-electron chi connectivity index (χ3n) is 9.23. The van der Waals surface area contributed by atoms with Crippen molar-refractivity contribution in [2.45, 2.75) is 6.17 Å². The Labute approximate surface area is 274 Å². The number of aliphatic imine (C=N–C) groups is 2. The van der Waals surface area contributed by atoms with E-state index in [9.17, 15) is 0 Å². The van der Waals surface area contributed by atoms with E-state index in [-0.39, 0.29) is 6.17 Å². The number of hydrogen-bond donors (Lipinski definition) is 1. The fraction of sp³-hybridized carbons (Fsp3) is 0.0238. The monoisotopic (exact) mass is 618 g/mol. The maximum Gasteiger partial charge on any atom is 0.160 e. The van der Waals surface area contributed by atoms with Gasteiger partial charge in [-0.3, -0.25) is 4.98 Å². The van der Waals surface area contributed by atoms with E-state index in [1.54, 1.807) is 6.20 Å². The van der Waals surface area contributed by atoms with Crippen LogP contribution in [0.25, 0.3) is 65.8 Å². The Hall–Kier alpha value is -6.53. The minimum atomic E-state index is -0.336. The van der Waals surface area contributed by atoms with E-state index in [4.69, 9.17) is 18.8 Å². The number of fused-ring (bicyclic) bond motifs is 7. The van der Waals surface area contributed by atoms with Gasteiger partial charge in [0.15, 0.2) is 5.84 Å². The molecule has 9 aromatic rings. The number of aromatic nitrogens is 1. The summed E-state index contributed by atoms with van der Waals surface area (Å²) < 4.78 is 12.9. The minimum absolute atomic E-state index is 0.336. The Kier molecular flexibility index (Phi) is 5.84. The average Bonchev–Trinajstić information content (AvgIpc) is 3.74. The first kappa shape index (κ1) is 26.7. The molecule has 6 aromatic carbocycles. The summed E-state index contributed by atoms with van der Waals surface area (Å²) in [4.78, 5) is 14.9. The van der Waals surface area contributed by atoms with Crippen LogP contribution in [0, 0.1) is 0 Å². The summed E-state index contributed by atoms with van der Waals surface area (Å²) in [6.07, 6.45) is 3.29. The number of furan rings is 2. The second-order valence-corrected chi connectivity index (χ2v) is 12.0. The molecule has 4 heterocycles. The number of nitrogens with zero attached hydrogens (tertiary/aromatic N) is 3. The van der Waals surface area contributed by atoms with Crippen molar-refractivity contribution in [2.75, 3.05) is 0 Å². The number of amidine groups is 2. The first-order valence-electron chi connectivity index (χ1n) is 16.0. The van der Waals surface area contributed by atoms with Gasteiger partial charge in [-0.1, -0.05) is 97.1 Å². The lowest BCUT2D eigenvalue weighted by Gasteiger charge is -2.24. The van der Waals surface area contributed by atoms with Gasteiger partial charge in [0, 0.05) is 50.6 Å². The predicted octanol–water partition coefficient (Wildman–Crippen LogP) is 10.2. The summed E-state index contributed by atoms with van der Waals surface area (Å²) in [6.45, 7) is 0. The fourth-order valence-corrected chi connectivity index (χ4v) is 6.98. The first-order valence-corrected chi connectivity index (χ1v) is 16.0. The molecule has 0 saturated carbocycles. The van der Waals surface area contributed by atoms with Crippen LogP contribution in [0.2, 0.25) is 0 Å². The number of benzene rings is 6. The molecule has 10 rings (SSSR count). The van der Waals surface area contributed by atoms with Crippen molar-refractivity contribution in [2.24, 2.45) is 9.98 Å². The summed E-state index contributed by atoms with van der Waals surface area (Å²) in [5.41, 5.74) is 8.13. The van der Waals surface area contributed by atoms with Crippen molar-refractivity contribution in [3.63, 3.8) is 0 Å². The molecular weight excluding hydrogens is 592 g/mol. The second kappa shape index (κ2) is 10.5. The van der Waals surface area contributed by atoms with Crippen LogP contribution in [0.15, 0.2) is 165 Å². The van der Waals surface area contributed by atoms with Gasteiger partial charge in [0.1, 0.15) is 34.3 Å². The van der Waals surface area contributed by atoms with Crippen LogP contribution in [-0.4, -0.2) is 16.7 Å². The summed E-state index contributed by atoms with van der Waals surface area (Å²) in [5, 5.41) is 9.91. The Morgan fingerprint density at radius 1 is 0.562 bits per heavy atom. The maximum absolute atomic E-state index is 6.69. The van der Waals surface area contributed by atoms with Crippen LogP contribution in [0.5, 0.6) is 0 Å². The normalized spacial score (nSPS) is 14.9. The molecule has 0 saturated heterocycles. The predicted molar refractivity (Wildman–Crippen MR) is 194 cm³/mol. The minimum Gasteiger partial charge on any atom is -0.456 e. The highest BCUT2D eigenvalue weighted by atomic mass is 16.3. The van der Waals surface area contributed by atoms with E-state index in [0.29, 0.717) is 5.84 Å². The standard InChI is InChI=1S/C42H26N4O2/c1-2-10-26(11-3-1)40-44-41(28-18-17-25-9-4-5-12-27(25)23-28)46-42(45-40)32-20-19-30(39-38(32)33-24-43-22-21-35(33)48-39)29-14-8-16-36-37(29)31-13-6-7-15-34(31)47-36/h1-24,40H,(H,44,45,46). The van der Waals surface area contributed by atoms with Crippen LogP contribution in [0.3, 0.4) is 0 Å². The number of hydrogen-bond acceptors (Lipinski definition) is 6. The average molecular weight is 619 g/mol. The Morgan fingerprint density at radius 2 is 1.35 bits per heavy atom. The summed E-state index contributed by atoms with van der Waals surface area (Å²) in [6, 6.07) is 45.6. The zero-order valence-electron chi connectivity index (χ0n) is 25.6. The van der Waals surface area contributed by atoms with Gasteiger partial charge in [-0.2, -0.15) is 0 Å². The molecule has 1 aliphatic heterocycles. The molecule has 1 aliphatic rings. The number of nitrogens with one attached hydrogen (secondary N) is 1. The topological polar surface area (TPSA) is 75.9 Å². The zero-order chi connectivity index (χ0) is 31.6. The van der Waals surface area contributed by atoms with Gasteiger partial charge < -0.3 is 14.2 Å². The largest absolute Gasteiger partial charge is 0.456 e. The van der Waals surface area contributed by atoms with Crippen molar-refractivity contribution in [1.82, 2.24) is 10.3 Å². The Bertz CT molecular complexity index is 2770. The van der Waals surface area contributed by atoms with E-state index in [1.165, 1.54) is 5.39 Å². The zero-order valence-corrected chi connectivity index (χ0v) is 25.6. The molecule has 6 heteroatoms. The van der Waals surface area contributed by atoms with Crippen LogP contribution in [-0.2, 0) is 0 Å². The van der Waals surface area contributed by atoms with E-state index < -0.39 is 0 Å². The fourth-order valence-electron chi connectivity index (χ4n) is 6.98. The summed E-state index contributed by atoms with van der Waals surface area (Å²) >= 11 is 0. The van der Waals surface area contributed by atoms with Gasteiger partial charge in [-0.25, -0.2) is 9.98 Å². The molecule has 1 N–H and O–H groups in total. The third kappa shape index (κ3) is 4.16. The lowest BCUT2D eigenvalue weighted by atomic mass is 9.95. The molecule has 0 fully saturated rings. The molecule has 226 valence electrons. The van der Waals surface area contributed by atoms with Crippen molar-refractivity contribution >= 4 is 66.3 Å². The third-order valence-corrected chi connectivity index (χ3v) is 9.23. The molecule has 1 unspecified atom stereocenters. The van der Waals surface area contributed by atoms with Gasteiger partial charge >= 0.3 is 0 Å². The second-order valence-electron chi connectivity index (χ2n) is 12.0. The SMILES string of the molecule is c1ccc(C2N=C(c3ccc(-c4cccc5oc6ccccc6c45)c4oc5ccncc5c34)N=C(c3ccc4ccccc4c3)N2)cc1. The highest BCUT2D eigenvalue weighted by Gasteiger charge is 2.26. The highest BCUT2D eigenvalue weighted by molar-refractivity contribution is 6.25. The Balaban J connectivity index is 1.23. The van der Waals surface area contributed by atoms with Gasteiger partial charge in [-0.15, -0.1) is 0 Å². The van der Waals surface area contributed by atoms with Crippen molar-refractivity contribution in [3.05, 3.63) is 163 Å². The lowest BCUT2D eigenvalue weighted by Crippen LogP contribution is -2.33. The molecule has 1 atom stereocenters.